The van der Waals surface area contributed by atoms with Crippen LogP contribution in [0.15, 0.2) is 18.5 Å². The monoisotopic (exact) mass is 1360 g/mol. The summed E-state index contributed by atoms with van der Waals surface area (Å²) in [5.74, 6) is -7.13. The number of ether oxygens (including phenoxy) is 1. The SMILES string of the molecule is Cc1cc2ncn([C@H]3O[C@H](CO)[C@@H](OP(=O)(O)O[C@H](C)CNC(=O)CC[C@@]4(C)[C@@H]5[N-][C@H]([C@@H]4CC(N)=O)[C@]4(C)[N-][C@H](C(C)[C@H]6[N-][C@@H](C[C@@H]7[N-][C@H](C5C)[C@@H](CCC(N)=O)C7(C)C)[C@@H](CCC(N)=O)[C@]6(C)CC(N)=O)[C@@H](CCC(N)=O)[C@]4(C)CC(N)=O)[C@H]3O)c2cc1C.[C-]#N.[Co]. The zero-order valence-corrected chi connectivity index (χ0v) is 57.2. The van der Waals surface area contributed by atoms with E-state index in [1.54, 1.807) is 4.57 Å². The Morgan fingerprint density at radius 1 is 0.774 bits per heavy atom. The molecule has 7 amide bonds. The zero-order valence-electron chi connectivity index (χ0n) is 55.2. The Hall–Kier alpha value is -5.19. The fourth-order valence-electron chi connectivity index (χ4n) is 17.8. The van der Waals surface area contributed by atoms with Gasteiger partial charge in [-0.15, -0.1) is 47.8 Å². The molecule has 1 aromatic heterocycles. The molecule has 0 aliphatic carbocycles. The van der Waals surface area contributed by atoms with Crippen LogP contribution in [0.4, 0.5) is 0 Å². The summed E-state index contributed by atoms with van der Waals surface area (Å²) in [6.07, 6.45) is -4.74. The number of amides is 7. The van der Waals surface area contributed by atoms with Crippen molar-refractivity contribution >= 4 is 60.2 Å². The van der Waals surface area contributed by atoms with Crippen LogP contribution in [0.3, 0.4) is 0 Å². The van der Waals surface area contributed by atoms with E-state index in [9.17, 15) is 53.2 Å². The minimum atomic E-state index is -5.05. The summed E-state index contributed by atoms with van der Waals surface area (Å²) in [6, 6.07) is -0.659. The number of benzene rings is 1. The summed E-state index contributed by atoms with van der Waals surface area (Å²) >= 11 is 0. The van der Waals surface area contributed by atoms with Gasteiger partial charge in [0.25, 0.3) is 0 Å². The van der Waals surface area contributed by atoms with Gasteiger partial charge in [0.15, 0.2) is 6.23 Å². The van der Waals surface area contributed by atoms with Crippen molar-refractivity contribution in [3.8, 4) is 0 Å². The molecule has 8 bridgehead atoms. The van der Waals surface area contributed by atoms with E-state index in [1.165, 1.54) is 13.3 Å². The number of nitrogens with two attached hydrogens (primary N) is 6. The molecule has 0 spiro atoms. The predicted molar refractivity (Wildman–Crippen MR) is 339 cm³/mol. The average molecular weight is 1370 g/mol. The fraction of sp³-hybridized carbons (Fsp3) is 0.762. The molecule has 30 heteroatoms. The number of hydrogen-bond donors (Lipinski definition) is 10. The van der Waals surface area contributed by atoms with Crippen LogP contribution in [0, 0.1) is 82.8 Å². The minimum absolute atomic E-state index is 0. The van der Waals surface area contributed by atoms with Gasteiger partial charge in [-0.1, -0.05) is 96.8 Å². The van der Waals surface area contributed by atoms with E-state index >= 15 is 0 Å². The molecule has 1 aromatic carbocycles. The van der Waals surface area contributed by atoms with Crippen molar-refractivity contribution in [1.29, 1.82) is 5.26 Å². The third-order valence-electron chi connectivity index (χ3n) is 22.7. The Balaban J connectivity index is 0.00000453. The van der Waals surface area contributed by atoms with Gasteiger partial charge in [-0.2, -0.15) is 0 Å². The molecule has 1 radical (unpaired) electrons. The fourth-order valence-corrected chi connectivity index (χ4v) is 18.9. The molecule has 7 heterocycles. The summed E-state index contributed by atoms with van der Waals surface area (Å²) in [5, 5.41) is 53.9. The Bertz CT molecular complexity index is 3160. The number of hydrogen-bond acceptors (Lipinski definition) is 15. The average Bonchev–Trinajstić information content (AvgIpc) is 1.53. The van der Waals surface area contributed by atoms with Crippen LogP contribution in [0.2, 0.25) is 0 Å². The Labute approximate surface area is 555 Å². The summed E-state index contributed by atoms with van der Waals surface area (Å²) < 4.78 is 32.3. The van der Waals surface area contributed by atoms with Crippen molar-refractivity contribution in [2.24, 2.45) is 91.6 Å². The number of carbonyl (C=O) groups excluding carboxylic acids is 7. The number of carbonyl (C=O) groups is 7. The first kappa shape index (κ1) is 76.8. The maximum Gasteiger partial charge on any atom is 0.472 e. The van der Waals surface area contributed by atoms with Gasteiger partial charge < -0.3 is 97.2 Å². The van der Waals surface area contributed by atoms with Gasteiger partial charge in [-0.3, -0.25) is 42.6 Å². The molecule has 16 N–H and O–H groups in total. The van der Waals surface area contributed by atoms with Gasteiger partial charge >= 0.3 is 7.82 Å². The van der Waals surface area contributed by atoms with Gasteiger partial charge in [0.05, 0.1) is 30.1 Å². The third kappa shape index (κ3) is 15.3. The topological polar surface area (TPSA) is 491 Å². The molecule has 6 aliphatic heterocycles. The normalized spacial score (nSPS) is 37.7. The largest absolute Gasteiger partial charge is 0.657 e. The molecule has 6 saturated heterocycles. The Morgan fingerprint density at radius 2 is 1.33 bits per heavy atom. The first-order valence-corrected chi connectivity index (χ1v) is 33.4. The van der Waals surface area contributed by atoms with E-state index < -0.39 is 186 Å². The molecular formula is C63H98CoN14O14P-5. The number of rotatable bonds is 26. The predicted octanol–water partition coefficient (Wildman–Crippen LogP) is 4.28. The van der Waals surface area contributed by atoms with Crippen molar-refractivity contribution in [3.05, 3.63) is 57.4 Å². The standard InChI is InChI=1S/C62H98N13O14P.CN.Co/c1-29-20-39-40(21-30(29)2)75(28-70-39)57-52(84)53(41(27-76)87-57)89-90(85,86)88-31(3)26-69-49(83)18-19-59(8)37(22-46(66)80)56-62(11)61(10,25-48(68)82)36(14-17-45(65)79)51(74-62)33(5)55-60(9,24-47(67)81)34(12-15-43(63)77)38(71-55)23-42-58(6,7)35(13-16-44(64)78)50(72-42)32(4)54(59)73-56;1-2;/h20-21,28,31-38,41-42,50-57,76,84H,12-19,22-27H2,1-11H3,(H2,63,77)(H2,64,78)(H2,65,79)(H2,66,80)(H2,67,81)(H2,68,82)(H,69,83)(H,85,86);;/q-4;-1;/t31-,32?,33?,34-,35-,36-,37+,38+,41-,42+,50-,51-,52-,53-,54-,55-,56-,57+,59-,60+,61+,62+;;/m1../s1. The number of imidazole rings is 1. The molecule has 28 nitrogen and oxygen atoms in total. The second-order valence-electron chi connectivity index (χ2n) is 28.8. The quantitative estimate of drug-likeness (QED) is 0.0464. The maximum absolute atomic E-state index is 14.4. The molecule has 0 saturated carbocycles. The number of nitrogens with one attached hydrogen (secondary N) is 1. The zero-order chi connectivity index (χ0) is 68.7. The smallest absolute Gasteiger partial charge is 0.472 e. The number of phosphoric acid groups is 1. The van der Waals surface area contributed by atoms with Crippen LogP contribution >= 0.6 is 7.82 Å². The first-order valence-electron chi connectivity index (χ1n) is 31.9. The van der Waals surface area contributed by atoms with E-state index in [1.807, 2.05) is 67.5 Å². The van der Waals surface area contributed by atoms with Crippen LogP contribution in [0.1, 0.15) is 157 Å². The number of fused-ring (bicyclic) bond motifs is 10. The molecule has 8 rings (SSSR count). The van der Waals surface area contributed by atoms with E-state index in [2.05, 4.69) is 24.1 Å². The number of aliphatic hydroxyl groups is 2. The Kier molecular flexibility index (Phi) is 24.5. The van der Waals surface area contributed by atoms with E-state index in [0.29, 0.717) is 23.9 Å². The van der Waals surface area contributed by atoms with E-state index in [0.717, 1.165) is 11.1 Å². The van der Waals surface area contributed by atoms with Gasteiger partial charge in [0.2, 0.25) is 41.4 Å². The molecular weight excluding hydrogens is 1270 g/mol. The number of primary amides is 6. The van der Waals surface area contributed by atoms with Crippen molar-refractivity contribution < 1.29 is 83.8 Å². The molecule has 6 aliphatic rings. The van der Waals surface area contributed by atoms with Crippen LogP contribution in [0.5, 0.6) is 0 Å². The van der Waals surface area contributed by atoms with E-state index in [-0.39, 0.29) is 93.4 Å². The van der Waals surface area contributed by atoms with Crippen molar-refractivity contribution in [2.45, 2.75) is 232 Å². The van der Waals surface area contributed by atoms with Crippen molar-refractivity contribution in [2.75, 3.05) is 13.2 Å². The van der Waals surface area contributed by atoms with Crippen molar-refractivity contribution in [1.82, 2.24) is 14.9 Å². The second kappa shape index (κ2) is 29.7. The molecule has 2 aromatic rings. The van der Waals surface area contributed by atoms with Gasteiger partial charge in [0, 0.05) is 68.3 Å². The summed E-state index contributed by atoms with van der Waals surface area (Å²) in [7, 11) is -5.05. The molecule has 3 unspecified atom stereocenters. The number of aromatic nitrogens is 2. The first-order chi connectivity index (χ1) is 42.8. The number of aliphatic hydroxyl groups excluding tert-OH is 2. The molecule has 523 valence electrons. The second-order valence-corrected chi connectivity index (χ2v) is 30.2. The molecule has 23 atom stereocenters. The maximum atomic E-state index is 14.4. The van der Waals surface area contributed by atoms with Crippen molar-refractivity contribution in [3.63, 3.8) is 0 Å². The molecule has 6 fully saturated rings. The number of aryl methyl sites for hydroxylation is 2. The molecule has 93 heavy (non-hydrogen) atoms. The van der Waals surface area contributed by atoms with Crippen LogP contribution in [-0.2, 0) is 68.7 Å². The van der Waals surface area contributed by atoms with Crippen LogP contribution < -0.4 is 39.7 Å². The third-order valence-corrected chi connectivity index (χ3v) is 23.8. The minimum Gasteiger partial charge on any atom is -0.657 e. The van der Waals surface area contributed by atoms with Crippen LogP contribution in [0.25, 0.3) is 32.3 Å². The van der Waals surface area contributed by atoms with Gasteiger partial charge in [-0.05, 0) is 91.9 Å². The summed E-state index contributed by atoms with van der Waals surface area (Å²) in [6.45, 7) is 25.1. The Morgan fingerprint density at radius 3 is 1.90 bits per heavy atom. The van der Waals surface area contributed by atoms with Gasteiger partial charge in [0.1, 0.15) is 18.3 Å². The number of nitrogens with zero attached hydrogens (tertiary/aromatic N) is 7. The van der Waals surface area contributed by atoms with Crippen LogP contribution in [-0.4, -0.2) is 151 Å². The summed E-state index contributed by atoms with van der Waals surface area (Å²) in [5.41, 5.74) is 34.3. The van der Waals surface area contributed by atoms with E-state index in [4.69, 9.17) is 81.3 Å². The number of phosphoric ester groups is 1. The summed E-state index contributed by atoms with van der Waals surface area (Å²) in [4.78, 5) is 109. The van der Waals surface area contributed by atoms with Gasteiger partial charge in [-0.25, -0.2) is 9.55 Å².